The van der Waals surface area contributed by atoms with E-state index in [-0.39, 0.29) is 35.7 Å². The number of carbonyl (C=O) groups is 1. The predicted molar refractivity (Wildman–Crippen MR) is 95.7 cm³/mol. The number of benzene rings is 2. The number of aryl methyl sites for hydroxylation is 1. The topological polar surface area (TPSA) is 118 Å². The molecule has 8 nitrogen and oxygen atoms in total. The Hall–Kier alpha value is -2.94. The minimum atomic E-state index is -3.94. The van der Waals surface area contributed by atoms with Crippen molar-refractivity contribution >= 4 is 27.4 Å². The van der Waals surface area contributed by atoms with Gasteiger partial charge in [-0.1, -0.05) is 18.2 Å². The van der Waals surface area contributed by atoms with Crippen molar-refractivity contribution in [3.63, 3.8) is 0 Å². The Labute approximate surface area is 150 Å². The van der Waals surface area contributed by atoms with Crippen LogP contribution in [0.2, 0.25) is 0 Å². The Morgan fingerprint density at radius 2 is 1.85 bits per heavy atom. The molecule has 0 saturated heterocycles. The minimum Gasteiger partial charge on any atom is -0.481 e. The molecule has 0 heterocycles. The summed E-state index contributed by atoms with van der Waals surface area (Å²) in [4.78, 5) is 21.2. The largest absolute Gasteiger partial charge is 0.481 e. The van der Waals surface area contributed by atoms with E-state index >= 15 is 0 Å². The lowest BCUT2D eigenvalue weighted by Gasteiger charge is -2.26. The van der Waals surface area contributed by atoms with Crippen LogP contribution in [0.1, 0.15) is 18.4 Å². The van der Waals surface area contributed by atoms with Crippen molar-refractivity contribution in [3.8, 4) is 0 Å². The molecule has 0 aliphatic carbocycles. The summed E-state index contributed by atoms with van der Waals surface area (Å²) < 4.78 is 27.1. The highest BCUT2D eigenvalue weighted by Crippen LogP contribution is 2.29. The first kappa shape index (κ1) is 19.4. The molecule has 0 radical (unpaired) electrons. The molecule has 0 bridgehead atoms. The number of carboxylic acid groups (broad SMARTS) is 1. The third-order valence-electron chi connectivity index (χ3n) is 3.74. The molecule has 9 heteroatoms. The van der Waals surface area contributed by atoms with Gasteiger partial charge in [-0.05, 0) is 37.1 Å². The van der Waals surface area contributed by atoms with Crippen LogP contribution in [0.5, 0.6) is 0 Å². The molecule has 2 aromatic carbocycles. The van der Waals surface area contributed by atoms with Gasteiger partial charge in [0.25, 0.3) is 15.7 Å². The highest BCUT2D eigenvalue weighted by molar-refractivity contribution is 7.92. The van der Waals surface area contributed by atoms with E-state index < -0.39 is 20.9 Å². The lowest BCUT2D eigenvalue weighted by atomic mass is 10.1. The molecular weight excluding hydrogens is 360 g/mol. The van der Waals surface area contributed by atoms with Gasteiger partial charge in [0.05, 0.1) is 15.5 Å². The second kappa shape index (κ2) is 7.96. The quantitative estimate of drug-likeness (QED) is 0.557. The van der Waals surface area contributed by atoms with Crippen molar-refractivity contribution < 1.29 is 23.2 Å². The molecule has 1 N–H and O–H groups in total. The summed E-state index contributed by atoms with van der Waals surface area (Å²) in [5, 5.41) is 19.7. The Kier molecular flexibility index (Phi) is 5.93. The normalized spacial score (nSPS) is 11.1. The summed E-state index contributed by atoms with van der Waals surface area (Å²) in [6.45, 7) is 1.52. The van der Waals surface area contributed by atoms with Gasteiger partial charge in [0.2, 0.25) is 0 Å². The number of nitro benzene ring substituents is 1. The fourth-order valence-electron chi connectivity index (χ4n) is 2.50. The zero-order chi connectivity index (χ0) is 19.3. The summed E-state index contributed by atoms with van der Waals surface area (Å²) in [5.41, 5.74) is 0.549. The number of anilines is 1. The van der Waals surface area contributed by atoms with Crippen LogP contribution in [-0.4, -0.2) is 31.0 Å². The Morgan fingerprint density at radius 3 is 2.38 bits per heavy atom. The molecule has 138 valence electrons. The van der Waals surface area contributed by atoms with Crippen LogP contribution in [0.25, 0.3) is 0 Å². The van der Waals surface area contributed by atoms with Gasteiger partial charge in [-0.2, -0.15) is 0 Å². The lowest BCUT2D eigenvalue weighted by molar-refractivity contribution is -0.384. The molecule has 0 aromatic heterocycles. The fourth-order valence-corrected chi connectivity index (χ4v) is 4.09. The zero-order valence-electron chi connectivity index (χ0n) is 14.0. The number of non-ortho nitro benzene ring substituents is 1. The standard InChI is InChI=1S/C17H18N2O6S/c1-13-12-14(19(22)23)9-10-16(13)18(11-5-8-17(20)21)26(24,25)15-6-3-2-4-7-15/h2-4,6-7,9-10,12H,5,8,11H2,1H3,(H,20,21). The number of nitro groups is 1. The Bertz CT molecular complexity index is 912. The van der Waals surface area contributed by atoms with E-state index in [9.17, 15) is 23.3 Å². The molecule has 2 rings (SSSR count). The monoisotopic (exact) mass is 378 g/mol. The lowest BCUT2D eigenvalue weighted by Crippen LogP contribution is -2.33. The summed E-state index contributed by atoms with van der Waals surface area (Å²) in [7, 11) is -3.94. The van der Waals surface area contributed by atoms with Crippen molar-refractivity contribution in [3.05, 3.63) is 64.2 Å². The van der Waals surface area contributed by atoms with E-state index in [2.05, 4.69) is 0 Å². The summed E-state index contributed by atoms with van der Waals surface area (Å²) in [6, 6.07) is 11.6. The van der Waals surface area contributed by atoms with Crippen LogP contribution in [0.4, 0.5) is 11.4 Å². The van der Waals surface area contributed by atoms with E-state index in [4.69, 9.17) is 5.11 Å². The van der Waals surface area contributed by atoms with Crippen molar-refractivity contribution in [2.75, 3.05) is 10.8 Å². The van der Waals surface area contributed by atoms with Gasteiger partial charge in [0.15, 0.2) is 0 Å². The first-order valence-corrected chi connectivity index (χ1v) is 9.22. The predicted octanol–water partition coefficient (Wildman–Crippen LogP) is 2.96. The summed E-state index contributed by atoms with van der Waals surface area (Å²) in [5.74, 6) is -1.03. The maximum absolute atomic E-state index is 13.0. The van der Waals surface area contributed by atoms with Crippen molar-refractivity contribution in [1.82, 2.24) is 0 Å². The fraction of sp³-hybridized carbons (Fsp3) is 0.235. The van der Waals surface area contributed by atoms with Gasteiger partial charge in [0, 0.05) is 25.1 Å². The van der Waals surface area contributed by atoms with Crippen LogP contribution in [0.3, 0.4) is 0 Å². The van der Waals surface area contributed by atoms with E-state index in [1.165, 1.54) is 30.3 Å². The smallest absolute Gasteiger partial charge is 0.303 e. The highest BCUT2D eigenvalue weighted by Gasteiger charge is 2.26. The molecule has 0 unspecified atom stereocenters. The van der Waals surface area contributed by atoms with Crippen LogP contribution >= 0.6 is 0 Å². The third kappa shape index (κ3) is 4.37. The van der Waals surface area contributed by atoms with Crippen molar-refractivity contribution in [2.45, 2.75) is 24.7 Å². The number of carboxylic acids is 1. The maximum atomic E-state index is 13.0. The summed E-state index contributed by atoms with van der Waals surface area (Å²) in [6.07, 6.45) is -0.0787. The number of sulfonamides is 1. The van der Waals surface area contributed by atoms with Gasteiger partial charge >= 0.3 is 5.97 Å². The highest BCUT2D eigenvalue weighted by atomic mass is 32.2. The molecule has 0 atom stereocenters. The average Bonchev–Trinajstić information content (AvgIpc) is 2.59. The Morgan fingerprint density at radius 1 is 1.19 bits per heavy atom. The van der Waals surface area contributed by atoms with Crippen molar-refractivity contribution in [1.29, 1.82) is 0 Å². The van der Waals surface area contributed by atoms with Crippen LogP contribution in [0, 0.1) is 17.0 Å². The number of hydrogen-bond acceptors (Lipinski definition) is 5. The molecule has 0 saturated carbocycles. The van der Waals surface area contributed by atoms with E-state index in [0.717, 1.165) is 4.31 Å². The molecule has 26 heavy (non-hydrogen) atoms. The van der Waals surface area contributed by atoms with E-state index in [1.54, 1.807) is 25.1 Å². The summed E-state index contributed by atoms with van der Waals surface area (Å²) >= 11 is 0. The molecule has 0 amide bonds. The number of rotatable bonds is 8. The SMILES string of the molecule is Cc1cc([N+](=O)[O-])ccc1N(CCCC(=O)O)S(=O)(=O)c1ccccc1. The van der Waals surface area contributed by atoms with Crippen molar-refractivity contribution in [2.24, 2.45) is 0 Å². The van der Waals surface area contributed by atoms with Gasteiger partial charge < -0.3 is 5.11 Å². The molecule has 0 aliphatic rings. The van der Waals surface area contributed by atoms with Gasteiger partial charge in [-0.15, -0.1) is 0 Å². The number of aliphatic carboxylic acids is 1. The first-order valence-electron chi connectivity index (χ1n) is 7.78. The third-order valence-corrected chi connectivity index (χ3v) is 5.57. The Balaban J connectivity index is 2.48. The molecule has 0 fully saturated rings. The molecule has 0 aliphatic heterocycles. The second-order valence-electron chi connectivity index (χ2n) is 5.62. The first-order chi connectivity index (χ1) is 12.2. The molecule has 0 spiro atoms. The van der Waals surface area contributed by atoms with Gasteiger partial charge in [0.1, 0.15) is 0 Å². The van der Waals surface area contributed by atoms with Crippen LogP contribution in [0.15, 0.2) is 53.4 Å². The van der Waals surface area contributed by atoms with E-state index in [0.29, 0.717) is 5.56 Å². The maximum Gasteiger partial charge on any atom is 0.303 e. The average molecular weight is 378 g/mol. The van der Waals surface area contributed by atoms with Crippen LogP contribution < -0.4 is 4.31 Å². The van der Waals surface area contributed by atoms with Crippen LogP contribution in [-0.2, 0) is 14.8 Å². The number of nitrogens with zero attached hydrogens (tertiary/aromatic N) is 2. The van der Waals surface area contributed by atoms with Gasteiger partial charge in [-0.25, -0.2) is 8.42 Å². The minimum absolute atomic E-state index is 0.0534. The zero-order valence-corrected chi connectivity index (χ0v) is 14.8. The molecular formula is C17H18N2O6S. The van der Waals surface area contributed by atoms with Gasteiger partial charge in [-0.3, -0.25) is 19.2 Å². The molecule has 2 aromatic rings. The van der Waals surface area contributed by atoms with E-state index in [1.807, 2.05) is 0 Å². The number of hydrogen-bond donors (Lipinski definition) is 1. The second-order valence-corrected chi connectivity index (χ2v) is 7.48.